The van der Waals surface area contributed by atoms with Crippen molar-refractivity contribution in [1.29, 1.82) is 0 Å². The standard InChI is InChI=1S/C18H34O16/c19-1-5-8(23)11(26)14(29)17(33-5)15(30)13(28)10(25)7(22)4(21)3-32-18-16(31)12(27)9(24)6(2-20)34-18/h4-31H,1-3H2/t4-,5-,6-,7-,8-,9-,10+,11+,12+,13+,14-,15?,16-,17-,18-/m1/s1. The molecule has 0 spiro atoms. The molecule has 0 aromatic carbocycles. The molecule has 2 fully saturated rings. The Hall–Kier alpha value is -0.640. The Bertz CT molecular complexity index is 609. The molecule has 2 rings (SSSR count). The van der Waals surface area contributed by atoms with Crippen LogP contribution in [-0.4, -0.2) is 178 Å². The molecule has 2 saturated heterocycles. The lowest BCUT2D eigenvalue weighted by atomic mass is 9.88. The van der Waals surface area contributed by atoms with Crippen LogP contribution in [-0.2, 0) is 14.2 Å². The van der Waals surface area contributed by atoms with Gasteiger partial charge in [0.1, 0.15) is 85.5 Å². The summed E-state index contributed by atoms with van der Waals surface area (Å²) < 4.78 is 15.2. The summed E-state index contributed by atoms with van der Waals surface area (Å²) in [4.78, 5) is 0. The van der Waals surface area contributed by atoms with Gasteiger partial charge in [-0.15, -0.1) is 0 Å². The van der Waals surface area contributed by atoms with E-state index in [2.05, 4.69) is 0 Å². The molecule has 0 amide bonds. The molecule has 0 bridgehead atoms. The van der Waals surface area contributed by atoms with Crippen LogP contribution in [0.4, 0.5) is 0 Å². The van der Waals surface area contributed by atoms with E-state index in [1.165, 1.54) is 0 Å². The van der Waals surface area contributed by atoms with Crippen molar-refractivity contribution < 1.29 is 80.6 Å². The number of aliphatic hydroxyl groups is 13. The molecule has 202 valence electrons. The molecule has 2 aliphatic rings. The zero-order valence-electron chi connectivity index (χ0n) is 17.8. The number of hydrogen-bond acceptors (Lipinski definition) is 16. The zero-order chi connectivity index (χ0) is 25.9. The van der Waals surface area contributed by atoms with E-state index in [0.717, 1.165) is 0 Å². The van der Waals surface area contributed by atoms with Crippen LogP contribution in [0.2, 0.25) is 0 Å². The predicted molar refractivity (Wildman–Crippen MR) is 104 cm³/mol. The number of hydrogen-bond donors (Lipinski definition) is 13. The first-order chi connectivity index (χ1) is 15.9. The maximum Gasteiger partial charge on any atom is 0.186 e. The van der Waals surface area contributed by atoms with E-state index in [1.807, 2.05) is 0 Å². The Kier molecular flexibility index (Phi) is 10.9. The molecule has 15 atom stereocenters. The third kappa shape index (κ3) is 6.19. The van der Waals surface area contributed by atoms with Crippen LogP contribution in [0, 0.1) is 0 Å². The summed E-state index contributed by atoms with van der Waals surface area (Å²) in [6.07, 6.45) is -27.9. The molecule has 16 heteroatoms. The van der Waals surface area contributed by atoms with Crippen LogP contribution < -0.4 is 0 Å². The highest BCUT2D eigenvalue weighted by Crippen LogP contribution is 2.26. The van der Waals surface area contributed by atoms with Crippen molar-refractivity contribution in [1.82, 2.24) is 0 Å². The van der Waals surface area contributed by atoms with Gasteiger partial charge in [-0.2, -0.15) is 0 Å². The van der Waals surface area contributed by atoms with Gasteiger partial charge in [-0.1, -0.05) is 0 Å². The minimum absolute atomic E-state index is 0.739. The molecule has 0 aromatic heterocycles. The van der Waals surface area contributed by atoms with Crippen molar-refractivity contribution in [2.75, 3.05) is 19.8 Å². The van der Waals surface area contributed by atoms with Gasteiger partial charge in [0.05, 0.1) is 19.8 Å². The van der Waals surface area contributed by atoms with Gasteiger partial charge in [0.15, 0.2) is 6.29 Å². The van der Waals surface area contributed by atoms with Crippen LogP contribution in [0.5, 0.6) is 0 Å². The number of aliphatic hydroxyl groups excluding tert-OH is 13. The third-order valence-corrected chi connectivity index (χ3v) is 5.99. The zero-order valence-corrected chi connectivity index (χ0v) is 17.8. The summed E-state index contributed by atoms with van der Waals surface area (Å²) in [6.45, 7) is -2.41. The van der Waals surface area contributed by atoms with Gasteiger partial charge in [-0.05, 0) is 0 Å². The van der Waals surface area contributed by atoms with Crippen molar-refractivity contribution in [2.45, 2.75) is 91.7 Å². The minimum atomic E-state index is -2.28. The first-order valence-electron chi connectivity index (χ1n) is 10.5. The average Bonchev–Trinajstić information content (AvgIpc) is 2.83. The second kappa shape index (κ2) is 12.5. The van der Waals surface area contributed by atoms with E-state index < -0.39 is 112 Å². The topological polar surface area (TPSA) is 291 Å². The Morgan fingerprint density at radius 2 is 1.09 bits per heavy atom. The first kappa shape index (κ1) is 29.6. The van der Waals surface area contributed by atoms with E-state index in [1.54, 1.807) is 0 Å². The van der Waals surface area contributed by atoms with Gasteiger partial charge in [-0.3, -0.25) is 0 Å². The summed E-state index contributed by atoms with van der Waals surface area (Å²) in [5, 5.41) is 128. The smallest absolute Gasteiger partial charge is 0.186 e. The molecular weight excluding hydrogens is 472 g/mol. The average molecular weight is 506 g/mol. The van der Waals surface area contributed by atoms with Crippen molar-refractivity contribution in [2.24, 2.45) is 0 Å². The van der Waals surface area contributed by atoms with Crippen LogP contribution in [0.1, 0.15) is 0 Å². The van der Waals surface area contributed by atoms with Gasteiger partial charge >= 0.3 is 0 Å². The van der Waals surface area contributed by atoms with E-state index in [4.69, 9.17) is 19.3 Å². The van der Waals surface area contributed by atoms with Crippen molar-refractivity contribution in [3.05, 3.63) is 0 Å². The van der Waals surface area contributed by atoms with Crippen LogP contribution in [0.15, 0.2) is 0 Å². The van der Waals surface area contributed by atoms with Gasteiger partial charge in [0.2, 0.25) is 0 Å². The SMILES string of the molecule is OC[C@H]1O[C@@H](C(O)[C@@H](O)[C@@H](O)[C@H](O)[C@H](O)CO[C@@H]2O[C@H](CO)[C@@H](O)[C@H](O)[C@H]2O)[C@H](O)[C@@H](O)[C@@H]1O. The highest BCUT2D eigenvalue weighted by molar-refractivity contribution is 4.98. The third-order valence-electron chi connectivity index (χ3n) is 5.99. The maximum atomic E-state index is 10.3. The minimum Gasteiger partial charge on any atom is -0.394 e. The van der Waals surface area contributed by atoms with Gasteiger partial charge in [0, 0.05) is 0 Å². The molecule has 0 radical (unpaired) electrons. The summed E-state index contributed by atoms with van der Waals surface area (Å²) in [5.74, 6) is 0. The summed E-state index contributed by atoms with van der Waals surface area (Å²) >= 11 is 0. The van der Waals surface area contributed by atoms with Crippen LogP contribution in [0.25, 0.3) is 0 Å². The quantitative estimate of drug-likeness (QED) is 0.131. The molecule has 2 heterocycles. The number of rotatable bonds is 10. The first-order valence-corrected chi connectivity index (χ1v) is 10.5. The molecule has 0 aromatic rings. The second-order valence-electron chi connectivity index (χ2n) is 8.35. The molecule has 0 aliphatic carbocycles. The van der Waals surface area contributed by atoms with Crippen LogP contribution >= 0.6 is 0 Å². The molecule has 1 unspecified atom stereocenters. The molecule has 0 saturated carbocycles. The Morgan fingerprint density at radius 1 is 0.588 bits per heavy atom. The normalized spacial score (nSPS) is 43.7. The lowest BCUT2D eigenvalue weighted by molar-refractivity contribution is -0.307. The second-order valence-corrected chi connectivity index (χ2v) is 8.35. The van der Waals surface area contributed by atoms with Gasteiger partial charge in [0.25, 0.3) is 0 Å². The fraction of sp³-hybridized carbons (Fsp3) is 1.00. The van der Waals surface area contributed by atoms with Crippen LogP contribution in [0.3, 0.4) is 0 Å². The fourth-order valence-electron chi connectivity index (χ4n) is 3.74. The lowest BCUT2D eigenvalue weighted by Crippen LogP contribution is -2.64. The van der Waals surface area contributed by atoms with Gasteiger partial charge < -0.3 is 80.6 Å². The molecule has 16 nitrogen and oxygen atoms in total. The van der Waals surface area contributed by atoms with E-state index in [-0.39, 0.29) is 0 Å². The molecule has 13 N–H and O–H groups in total. The largest absolute Gasteiger partial charge is 0.394 e. The summed E-state index contributed by atoms with van der Waals surface area (Å²) in [5.41, 5.74) is 0. The fourth-order valence-corrected chi connectivity index (χ4v) is 3.74. The predicted octanol–water partition coefficient (Wildman–Crippen LogP) is -8.55. The number of ether oxygens (including phenoxy) is 3. The monoisotopic (exact) mass is 506 g/mol. The Labute approximate surface area is 193 Å². The Morgan fingerprint density at radius 3 is 1.62 bits per heavy atom. The highest BCUT2D eigenvalue weighted by atomic mass is 16.7. The lowest BCUT2D eigenvalue weighted by Gasteiger charge is -2.43. The summed E-state index contributed by atoms with van der Waals surface area (Å²) in [7, 11) is 0. The van der Waals surface area contributed by atoms with E-state index >= 15 is 0 Å². The van der Waals surface area contributed by atoms with Crippen molar-refractivity contribution in [3.63, 3.8) is 0 Å². The summed E-state index contributed by atoms with van der Waals surface area (Å²) in [6, 6.07) is 0. The van der Waals surface area contributed by atoms with Crippen molar-refractivity contribution >= 4 is 0 Å². The van der Waals surface area contributed by atoms with E-state index in [9.17, 15) is 61.3 Å². The molecule has 2 aliphatic heterocycles. The molecule has 34 heavy (non-hydrogen) atoms. The Balaban J connectivity index is 1.96. The highest BCUT2D eigenvalue weighted by Gasteiger charge is 2.50. The molecular formula is C18H34O16. The van der Waals surface area contributed by atoms with Gasteiger partial charge in [-0.25, -0.2) is 0 Å². The van der Waals surface area contributed by atoms with E-state index in [0.29, 0.717) is 0 Å². The maximum absolute atomic E-state index is 10.3. The van der Waals surface area contributed by atoms with Crippen molar-refractivity contribution in [3.8, 4) is 0 Å².